The van der Waals surface area contributed by atoms with Crippen LogP contribution in [0.15, 0.2) is 28.7 Å². The van der Waals surface area contributed by atoms with Crippen LogP contribution in [0.4, 0.5) is 0 Å². The van der Waals surface area contributed by atoms with Crippen molar-refractivity contribution in [3.8, 4) is 5.75 Å². The second kappa shape index (κ2) is 10.1. The molecule has 1 aromatic rings. The van der Waals surface area contributed by atoms with Crippen molar-refractivity contribution in [3.05, 3.63) is 28.7 Å². The SMILES string of the molecule is CCCN(C(=O)COc1cccc(Br)c1)C1CCNCC1.Cl. The first-order chi connectivity index (χ1) is 10.2. The standard InChI is InChI=1S/C16H23BrN2O2.ClH/c1-2-10-19(14-6-8-18-9-7-14)16(20)12-21-15-5-3-4-13(17)11-15;/h3-5,11,14,18H,2,6-10,12H2,1H3;1H. The van der Waals surface area contributed by atoms with E-state index in [1.54, 1.807) is 0 Å². The lowest BCUT2D eigenvalue weighted by molar-refractivity contribution is -0.136. The Morgan fingerprint density at radius 2 is 2.14 bits per heavy atom. The molecule has 1 amide bonds. The van der Waals surface area contributed by atoms with Crippen LogP contribution in [0.3, 0.4) is 0 Å². The summed E-state index contributed by atoms with van der Waals surface area (Å²) in [6.45, 7) is 5.01. The molecule has 6 heteroatoms. The van der Waals surface area contributed by atoms with Crippen molar-refractivity contribution in [2.24, 2.45) is 0 Å². The van der Waals surface area contributed by atoms with E-state index in [1.807, 2.05) is 29.2 Å². The fourth-order valence-electron chi connectivity index (χ4n) is 2.65. The van der Waals surface area contributed by atoms with E-state index in [9.17, 15) is 4.79 Å². The molecule has 0 saturated carbocycles. The van der Waals surface area contributed by atoms with Crippen LogP contribution in [0.1, 0.15) is 26.2 Å². The van der Waals surface area contributed by atoms with Crippen molar-refractivity contribution in [3.63, 3.8) is 0 Å². The largest absolute Gasteiger partial charge is 0.484 e. The number of ether oxygens (including phenoxy) is 1. The lowest BCUT2D eigenvalue weighted by Gasteiger charge is -2.34. The minimum atomic E-state index is 0. The van der Waals surface area contributed by atoms with Gasteiger partial charge in [-0.25, -0.2) is 0 Å². The predicted molar refractivity (Wildman–Crippen MR) is 94.8 cm³/mol. The second-order valence-corrected chi connectivity index (χ2v) is 6.23. The van der Waals surface area contributed by atoms with Crippen molar-refractivity contribution >= 4 is 34.2 Å². The first-order valence-corrected chi connectivity index (χ1v) is 8.38. The molecule has 0 atom stereocenters. The summed E-state index contributed by atoms with van der Waals surface area (Å²) in [7, 11) is 0. The molecule has 0 aromatic heterocycles. The van der Waals surface area contributed by atoms with Gasteiger partial charge >= 0.3 is 0 Å². The third-order valence-corrected chi connectivity index (χ3v) is 4.19. The predicted octanol–water partition coefficient (Wildman–Crippen LogP) is 3.24. The Balaban J connectivity index is 0.00000242. The number of hydrogen-bond acceptors (Lipinski definition) is 3. The number of hydrogen-bond donors (Lipinski definition) is 1. The highest BCUT2D eigenvalue weighted by Crippen LogP contribution is 2.18. The second-order valence-electron chi connectivity index (χ2n) is 5.31. The van der Waals surface area contributed by atoms with E-state index < -0.39 is 0 Å². The van der Waals surface area contributed by atoms with Crippen LogP contribution < -0.4 is 10.1 Å². The first kappa shape index (κ1) is 19.3. The Kier molecular flexibility index (Phi) is 8.83. The van der Waals surface area contributed by atoms with Gasteiger partial charge < -0.3 is 15.0 Å². The van der Waals surface area contributed by atoms with Gasteiger partial charge in [0.15, 0.2) is 6.61 Å². The third-order valence-electron chi connectivity index (χ3n) is 3.69. The molecule has 2 rings (SSSR count). The maximum absolute atomic E-state index is 12.5. The van der Waals surface area contributed by atoms with Crippen molar-refractivity contribution in [2.45, 2.75) is 32.2 Å². The molecule has 1 aliphatic rings. The topological polar surface area (TPSA) is 41.6 Å². The third kappa shape index (κ3) is 5.78. The molecule has 22 heavy (non-hydrogen) atoms. The monoisotopic (exact) mass is 390 g/mol. The van der Waals surface area contributed by atoms with Crippen molar-refractivity contribution < 1.29 is 9.53 Å². The average Bonchev–Trinajstić information content (AvgIpc) is 2.51. The summed E-state index contributed by atoms with van der Waals surface area (Å²) in [4.78, 5) is 14.5. The van der Waals surface area contributed by atoms with E-state index in [1.165, 1.54) is 0 Å². The van der Waals surface area contributed by atoms with Crippen LogP contribution in [0.25, 0.3) is 0 Å². The van der Waals surface area contributed by atoms with E-state index in [0.717, 1.165) is 49.1 Å². The molecule has 124 valence electrons. The Morgan fingerprint density at radius 3 is 2.77 bits per heavy atom. The molecule has 1 heterocycles. The summed E-state index contributed by atoms with van der Waals surface area (Å²) in [6, 6.07) is 7.94. The Bertz CT molecular complexity index is 467. The van der Waals surface area contributed by atoms with Crippen LogP contribution >= 0.6 is 28.3 Å². The lowest BCUT2D eigenvalue weighted by Crippen LogP contribution is -2.48. The van der Waals surface area contributed by atoms with Gasteiger partial charge in [0.05, 0.1) is 0 Å². The van der Waals surface area contributed by atoms with Crippen molar-refractivity contribution in [1.29, 1.82) is 0 Å². The van der Waals surface area contributed by atoms with E-state index in [2.05, 4.69) is 28.2 Å². The first-order valence-electron chi connectivity index (χ1n) is 7.59. The summed E-state index contributed by atoms with van der Waals surface area (Å²) in [5.41, 5.74) is 0. The molecule has 0 aliphatic carbocycles. The number of piperidine rings is 1. The molecule has 1 N–H and O–H groups in total. The molecule has 0 bridgehead atoms. The van der Waals surface area contributed by atoms with Gasteiger partial charge in [0.2, 0.25) is 0 Å². The van der Waals surface area contributed by atoms with Gasteiger partial charge in [-0.2, -0.15) is 0 Å². The van der Waals surface area contributed by atoms with Crippen molar-refractivity contribution in [1.82, 2.24) is 10.2 Å². The molecule has 0 radical (unpaired) electrons. The highest BCUT2D eigenvalue weighted by Gasteiger charge is 2.24. The smallest absolute Gasteiger partial charge is 0.260 e. The molecule has 0 spiro atoms. The highest BCUT2D eigenvalue weighted by molar-refractivity contribution is 9.10. The lowest BCUT2D eigenvalue weighted by atomic mass is 10.0. The number of benzene rings is 1. The maximum atomic E-state index is 12.5. The van der Waals surface area contributed by atoms with Gasteiger partial charge in [0, 0.05) is 17.1 Å². The molecular weight excluding hydrogens is 368 g/mol. The zero-order chi connectivity index (χ0) is 15.1. The summed E-state index contributed by atoms with van der Waals surface area (Å²) in [5, 5.41) is 3.34. The average molecular weight is 392 g/mol. The van der Waals surface area contributed by atoms with Gasteiger partial charge in [0.1, 0.15) is 5.75 Å². The summed E-state index contributed by atoms with van der Waals surface area (Å²) in [5.74, 6) is 0.809. The summed E-state index contributed by atoms with van der Waals surface area (Å²) in [6.07, 6.45) is 3.04. The molecule has 1 aliphatic heterocycles. The summed E-state index contributed by atoms with van der Waals surface area (Å²) < 4.78 is 6.58. The molecule has 4 nitrogen and oxygen atoms in total. The fraction of sp³-hybridized carbons (Fsp3) is 0.562. The van der Waals surface area contributed by atoms with E-state index in [4.69, 9.17) is 4.74 Å². The Labute approximate surface area is 147 Å². The minimum absolute atomic E-state index is 0. The van der Waals surface area contributed by atoms with Crippen LogP contribution in [0.5, 0.6) is 5.75 Å². The number of carbonyl (C=O) groups is 1. The quantitative estimate of drug-likeness (QED) is 0.809. The van der Waals surface area contributed by atoms with Gasteiger partial charge in [0.25, 0.3) is 5.91 Å². The van der Waals surface area contributed by atoms with Gasteiger partial charge in [-0.1, -0.05) is 28.9 Å². The van der Waals surface area contributed by atoms with Crippen LogP contribution in [0.2, 0.25) is 0 Å². The van der Waals surface area contributed by atoms with E-state index in [0.29, 0.717) is 6.04 Å². The van der Waals surface area contributed by atoms with Crippen LogP contribution in [0, 0.1) is 0 Å². The number of rotatable bonds is 6. The van der Waals surface area contributed by atoms with E-state index in [-0.39, 0.29) is 24.9 Å². The highest BCUT2D eigenvalue weighted by atomic mass is 79.9. The van der Waals surface area contributed by atoms with Crippen LogP contribution in [-0.4, -0.2) is 43.1 Å². The van der Waals surface area contributed by atoms with Gasteiger partial charge in [-0.15, -0.1) is 12.4 Å². The molecule has 1 fully saturated rings. The number of nitrogens with one attached hydrogen (secondary N) is 1. The van der Waals surface area contributed by atoms with E-state index >= 15 is 0 Å². The number of amides is 1. The summed E-state index contributed by atoms with van der Waals surface area (Å²) >= 11 is 3.40. The zero-order valence-corrected chi connectivity index (χ0v) is 15.3. The molecule has 1 aromatic carbocycles. The number of carbonyl (C=O) groups excluding carboxylic acids is 1. The van der Waals surface area contributed by atoms with Crippen molar-refractivity contribution in [2.75, 3.05) is 26.2 Å². The van der Waals surface area contributed by atoms with Crippen LogP contribution in [-0.2, 0) is 4.79 Å². The van der Waals surface area contributed by atoms with Gasteiger partial charge in [-0.3, -0.25) is 4.79 Å². The maximum Gasteiger partial charge on any atom is 0.260 e. The molecule has 0 unspecified atom stereocenters. The minimum Gasteiger partial charge on any atom is -0.484 e. The Morgan fingerprint density at radius 1 is 1.41 bits per heavy atom. The fourth-order valence-corrected chi connectivity index (χ4v) is 3.03. The molecular formula is C16H24BrClN2O2. The Hall–Kier alpha value is -0.780. The number of nitrogens with zero attached hydrogens (tertiary/aromatic N) is 1. The number of halogens is 2. The van der Waals surface area contributed by atoms with Gasteiger partial charge in [-0.05, 0) is 50.6 Å². The zero-order valence-electron chi connectivity index (χ0n) is 12.9. The molecule has 1 saturated heterocycles. The normalized spacial score (nSPS) is 15.0.